The molecule has 1 fully saturated rings. The van der Waals surface area contributed by atoms with Crippen LogP contribution < -0.4 is 0 Å². The van der Waals surface area contributed by atoms with Crippen LogP contribution >= 0.6 is 15.9 Å². The first kappa shape index (κ1) is 11.8. The van der Waals surface area contributed by atoms with Gasteiger partial charge in [0.2, 0.25) is 0 Å². The number of methoxy groups -OCH3 is 1. The monoisotopic (exact) mass is 307 g/mol. The molecule has 1 saturated carbocycles. The van der Waals surface area contributed by atoms with E-state index in [4.69, 9.17) is 4.74 Å². The highest BCUT2D eigenvalue weighted by molar-refractivity contribution is 9.10. The summed E-state index contributed by atoms with van der Waals surface area (Å²) in [5.74, 6) is 0.440. The number of para-hydroxylation sites is 1. The molecule has 0 bridgehead atoms. The quantitative estimate of drug-likeness (QED) is 0.811. The highest BCUT2D eigenvalue weighted by atomic mass is 79.9. The summed E-state index contributed by atoms with van der Waals surface area (Å²) in [4.78, 5) is 11.9. The second kappa shape index (κ2) is 4.43. The third-order valence-corrected chi connectivity index (χ3v) is 4.04. The molecule has 4 heteroatoms. The average molecular weight is 308 g/mol. The van der Waals surface area contributed by atoms with Crippen LogP contribution in [0.1, 0.15) is 23.3 Å². The lowest BCUT2D eigenvalue weighted by Gasteiger charge is -2.09. The number of ether oxygens (including phenoxy) is 1. The first-order valence-electron chi connectivity index (χ1n) is 6.07. The molecule has 0 N–H and O–H groups in total. The Balaban J connectivity index is 2.20. The summed E-state index contributed by atoms with van der Waals surface area (Å²) in [7, 11) is 1.43. The normalized spacial score (nSPS) is 15.0. The van der Waals surface area contributed by atoms with Crippen molar-refractivity contribution in [2.24, 2.45) is 5.92 Å². The van der Waals surface area contributed by atoms with Gasteiger partial charge in [-0.15, -0.1) is 0 Å². The van der Waals surface area contributed by atoms with Gasteiger partial charge in [-0.25, -0.2) is 4.79 Å². The number of esters is 1. The van der Waals surface area contributed by atoms with Crippen molar-refractivity contribution in [3.05, 3.63) is 34.4 Å². The molecule has 0 spiro atoms. The second-order valence-electron chi connectivity index (χ2n) is 4.75. The maximum atomic E-state index is 11.9. The zero-order valence-corrected chi connectivity index (χ0v) is 11.7. The summed E-state index contributed by atoms with van der Waals surface area (Å²) < 4.78 is 7.98. The Bertz CT molecular complexity index is 614. The first-order chi connectivity index (χ1) is 8.70. The maximum absolute atomic E-state index is 11.9. The molecule has 1 aromatic carbocycles. The number of carbonyl (C=O) groups is 1. The number of rotatable bonds is 3. The lowest BCUT2D eigenvalue weighted by molar-refractivity contribution is 0.0588. The Morgan fingerprint density at radius 1 is 1.50 bits per heavy atom. The molecule has 0 radical (unpaired) electrons. The maximum Gasteiger partial charge on any atom is 0.354 e. The molecule has 0 saturated heterocycles. The smallest absolute Gasteiger partial charge is 0.354 e. The Morgan fingerprint density at radius 3 is 2.94 bits per heavy atom. The van der Waals surface area contributed by atoms with Gasteiger partial charge in [0.25, 0.3) is 0 Å². The minimum Gasteiger partial charge on any atom is -0.464 e. The second-order valence-corrected chi connectivity index (χ2v) is 5.61. The van der Waals surface area contributed by atoms with E-state index in [0.29, 0.717) is 11.6 Å². The molecular formula is C14H14BrNO2. The molecule has 0 unspecified atom stereocenters. The van der Waals surface area contributed by atoms with Crippen molar-refractivity contribution in [1.82, 2.24) is 4.57 Å². The van der Waals surface area contributed by atoms with Gasteiger partial charge in [-0.05, 0) is 46.8 Å². The van der Waals surface area contributed by atoms with E-state index in [1.165, 1.54) is 20.0 Å². The Hall–Kier alpha value is -1.29. The van der Waals surface area contributed by atoms with E-state index in [1.807, 2.05) is 24.3 Å². The van der Waals surface area contributed by atoms with E-state index in [2.05, 4.69) is 20.5 Å². The van der Waals surface area contributed by atoms with Gasteiger partial charge in [-0.2, -0.15) is 0 Å². The number of carbonyl (C=O) groups excluding carboxylic acids is 1. The summed E-state index contributed by atoms with van der Waals surface area (Å²) in [5.41, 5.74) is 1.73. The molecule has 0 atom stereocenters. The molecule has 94 valence electrons. The summed E-state index contributed by atoms with van der Waals surface area (Å²) in [6.07, 6.45) is 2.51. The molecular weight excluding hydrogens is 294 g/mol. The van der Waals surface area contributed by atoms with Gasteiger partial charge >= 0.3 is 5.97 Å². The predicted octanol–water partition coefficient (Wildman–Crippen LogP) is 3.60. The van der Waals surface area contributed by atoms with Crippen molar-refractivity contribution < 1.29 is 9.53 Å². The Morgan fingerprint density at radius 2 is 2.28 bits per heavy atom. The molecule has 1 aromatic heterocycles. The molecule has 18 heavy (non-hydrogen) atoms. The van der Waals surface area contributed by atoms with Crippen molar-refractivity contribution in [2.45, 2.75) is 19.4 Å². The number of hydrogen-bond acceptors (Lipinski definition) is 2. The summed E-state index contributed by atoms with van der Waals surface area (Å²) in [6, 6.07) is 7.92. The van der Waals surface area contributed by atoms with Gasteiger partial charge in [0, 0.05) is 16.4 Å². The van der Waals surface area contributed by atoms with E-state index < -0.39 is 0 Å². The predicted molar refractivity (Wildman–Crippen MR) is 73.7 cm³/mol. The molecule has 0 aliphatic heterocycles. The number of hydrogen-bond donors (Lipinski definition) is 0. The largest absolute Gasteiger partial charge is 0.464 e. The first-order valence-corrected chi connectivity index (χ1v) is 6.86. The standard InChI is InChI=1S/C14H14BrNO2/c1-18-14(17)12-7-10-3-2-4-11(15)13(10)16(12)8-9-5-6-9/h2-4,7,9H,5-6,8H2,1H3. The van der Waals surface area contributed by atoms with Crippen LogP contribution in [0.25, 0.3) is 10.9 Å². The zero-order chi connectivity index (χ0) is 12.7. The number of aromatic nitrogens is 1. The minimum atomic E-state index is -0.265. The van der Waals surface area contributed by atoms with Crippen LogP contribution in [0.5, 0.6) is 0 Å². The average Bonchev–Trinajstić information content (AvgIpc) is 3.10. The van der Waals surface area contributed by atoms with Crippen LogP contribution in [0.4, 0.5) is 0 Å². The number of fused-ring (bicyclic) bond motifs is 1. The number of nitrogens with zero attached hydrogens (tertiary/aromatic N) is 1. The van der Waals surface area contributed by atoms with Gasteiger partial charge in [-0.1, -0.05) is 12.1 Å². The summed E-state index contributed by atoms with van der Waals surface area (Å²) in [6.45, 7) is 0.899. The molecule has 3 rings (SSSR count). The summed E-state index contributed by atoms with van der Waals surface area (Å²) >= 11 is 3.57. The number of benzene rings is 1. The van der Waals surface area contributed by atoms with Crippen molar-refractivity contribution in [3.63, 3.8) is 0 Å². The molecule has 0 amide bonds. The van der Waals surface area contributed by atoms with Gasteiger partial charge in [0.1, 0.15) is 5.69 Å². The van der Waals surface area contributed by atoms with Crippen LogP contribution in [0.2, 0.25) is 0 Å². The van der Waals surface area contributed by atoms with Crippen molar-refractivity contribution in [3.8, 4) is 0 Å². The SMILES string of the molecule is COC(=O)c1cc2cccc(Br)c2n1CC1CC1. The van der Waals surface area contributed by atoms with Crippen LogP contribution in [-0.2, 0) is 11.3 Å². The zero-order valence-electron chi connectivity index (χ0n) is 10.1. The van der Waals surface area contributed by atoms with Crippen LogP contribution in [0.15, 0.2) is 28.7 Å². The van der Waals surface area contributed by atoms with Crippen molar-refractivity contribution >= 4 is 32.8 Å². The van der Waals surface area contributed by atoms with Crippen molar-refractivity contribution in [2.75, 3.05) is 7.11 Å². The molecule has 1 aliphatic rings. The molecule has 1 heterocycles. The topological polar surface area (TPSA) is 31.2 Å². The van der Waals surface area contributed by atoms with E-state index in [1.54, 1.807) is 0 Å². The highest BCUT2D eigenvalue weighted by Crippen LogP contribution is 2.35. The molecule has 3 nitrogen and oxygen atoms in total. The fraction of sp³-hybridized carbons (Fsp3) is 0.357. The Kier molecular flexibility index (Phi) is 2.90. The third kappa shape index (κ3) is 1.94. The van der Waals surface area contributed by atoms with E-state index in [9.17, 15) is 4.79 Å². The van der Waals surface area contributed by atoms with Crippen LogP contribution in [0, 0.1) is 5.92 Å². The van der Waals surface area contributed by atoms with E-state index >= 15 is 0 Å². The van der Waals surface area contributed by atoms with Gasteiger partial charge < -0.3 is 9.30 Å². The number of halogens is 1. The van der Waals surface area contributed by atoms with Crippen LogP contribution in [0.3, 0.4) is 0 Å². The third-order valence-electron chi connectivity index (χ3n) is 3.40. The highest BCUT2D eigenvalue weighted by Gasteiger charge is 2.26. The minimum absolute atomic E-state index is 0.265. The van der Waals surface area contributed by atoms with Crippen LogP contribution in [-0.4, -0.2) is 17.6 Å². The lowest BCUT2D eigenvalue weighted by atomic mass is 10.2. The fourth-order valence-electron chi connectivity index (χ4n) is 2.30. The Labute approximate surface area is 114 Å². The summed E-state index contributed by atoms with van der Waals surface area (Å²) in [5, 5.41) is 1.07. The van der Waals surface area contributed by atoms with E-state index in [-0.39, 0.29) is 5.97 Å². The molecule has 2 aromatic rings. The lowest BCUT2D eigenvalue weighted by Crippen LogP contribution is -2.11. The fourth-order valence-corrected chi connectivity index (χ4v) is 2.90. The van der Waals surface area contributed by atoms with E-state index in [0.717, 1.165) is 21.9 Å². The van der Waals surface area contributed by atoms with Gasteiger partial charge in [-0.3, -0.25) is 0 Å². The van der Waals surface area contributed by atoms with Gasteiger partial charge in [0.15, 0.2) is 0 Å². The molecule has 1 aliphatic carbocycles. The van der Waals surface area contributed by atoms with Crippen molar-refractivity contribution in [1.29, 1.82) is 0 Å². The van der Waals surface area contributed by atoms with Gasteiger partial charge in [0.05, 0.1) is 12.6 Å².